The molecule has 0 unspecified atom stereocenters. The van der Waals surface area contributed by atoms with Crippen molar-refractivity contribution in [2.75, 3.05) is 13.2 Å². The molecule has 1 heterocycles. The number of nitrogens with one attached hydrogen (secondary N) is 1. The maximum atomic E-state index is 11.8. The molecule has 0 saturated carbocycles. The van der Waals surface area contributed by atoms with Crippen molar-refractivity contribution in [2.24, 2.45) is 0 Å². The zero-order valence-corrected chi connectivity index (χ0v) is 14.0. The quantitative estimate of drug-likeness (QED) is 0.556. The van der Waals surface area contributed by atoms with E-state index in [9.17, 15) is 4.79 Å². The monoisotopic (exact) mass is 333 g/mol. The van der Waals surface area contributed by atoms with Crippen LogP contribution in [0.4, 0.5) is 0 Å². The molecule has 3 rings (SSSR count). The standard InChI is InChI=1S/C20H19N3O2/c1-15-6-9-17(10-7-15)25-13-12-21-20(24)11-8-16-14-22-18-4-2-3-5-19(18)23-16/h2-11,14H,12-13H2,1H3,(H,21,24). The number of aryl methyl sites for hydroxylation is 1. The smallest absolute Gasteiger partial charge is 0.244 e. The Kier molecular flexibility index (Phi) is 5.36. The van der Waals surface area contributed by atoms with Gasteiger partial charge in [-0.15, -0.1) is 0 Å². The van der Waals surface area contributed by atoms with Gasteiger partial charge in [0.15, 0.2) is 0 Å². The van der Waals surface area contributed by atoms with E-state index in [-0.39, 0.29) is 5.91 Å². The van der Waals surface area contributed by atoms with Crippen molar-refractivity contribution in [3.05, 3.63) is 72.1 Å². The van der Waals surface area contributed by atoms with E-state index in [2.05, 4.69) is 15.3 Å². The van der Waals surface area contributed by atoms with Crippen LogP contribution in [0.1, 0.15) is 11.3 Å². The van der Waals surface area contributed by atoms with Gasteiger partial charge in [0.2, 0.25) is 5.91 Å². The van der Waals surface area contributed by atoms with Crippen LogP contribution in [-0.4, -0.2) is 29.0 Å². The van der Waals surface area contributed by atoms with Gasteiger partial charge in [0.05, 0.1) is 29.5 Å². The summed E-state index contributed by atoms with van der Waals surface area (Å²) < 4.78 is 5.56. The average molecular weight is 333 g/mol. The van der Waals surface area contributed by atoms with Crippen LogP contribution in [0.5, 0.6) is 5.75 Å². The molecule has 0 fully saturated rings. The first-order valence-corrected chi connectivity index (χ1v) is 8.08. The second-order valence-corrected chi connectivity index (χ2v) is 5.57. The van der Waals surface area contributed by atoms with Crippen molar-refractivity contribution in [2.45, 2.75) is 6.92 Å². The van der Waals surface area contributed by atoms with Crippen LogP contribution in [0.2, 0.25) is 0 Å². The first-order valence-electron chi connectivity index (χ1n) is 8.08. The Bertz CT molecular complexity index is 889. The van der Waals surface area contributed by atoms with E-state index in [4.69, 9.17) is 4.74 Å². The average Bonchev–Trinajstić information content (AvgIpc) is 2.65. The summed E-state index contributed by atoms with van der Waals surface area (Å²) in [6, 6.07) is 15.4. The lowest BCUT2D eigenvalue weighted by molar-refractivity contribution is -0.116. The van der Waals surface area contributed by atoms with Crippen LogP contribution in [0.15, 0.2) is 60.8 Å². The minimum Gasteiger partial charge on any atom is -0.492 e. The molecular weight excluding hydrogens is 314 g/mol. The van der Waals surface area contributed by atoms with Crippen LogP contribution in [0.25, 0.3) is 17.1 Å². The second-order valence-electron chi connectivity index (χ2n) is 5.57. The van der Waals surface area contributed by atoms with Crippen LogP contribution in [0, 0.1) is 6.92 Å². The van der Waals surface area contributed by atoms with Crippen LogP contribution >= 0.6 is 0 Å². The number of benzene rings is 2. The number of rotatable bonds is 6. The number of hydrogen-bond acceptors (Lipinski definition) is 4. The maximum absolute atomic E-state index is 11.8. The number of carbonyl (C=O) groups excluding carboxylic acids is 1. The summed E-state index contributed by atoms with van der Waals surface area (Å²) in [5.41, 5.74) is 3.46. The molecule has 1 amide bonds. The van der Waals surface area contributed by atoms with Gasteiger partial charge in [-0.3, -0.25) is 9.78 Å². The zero-order valence-electron chi connectivity index (χ0n) is 14.0. The third-order valence-corrected chi connectivity index (χ3v) is 3.56. The Balaban J connectivity index is 1.46. The minimum absolute atomic E-state index is 0.192. The van der Waals surface area contributed by atoms with Crippen molar-refractivity contribution in [3.8, 4) is 5.75 Å². The zero-order chi connectivity index (χ0) is 17.5. The molecule has 0 atom stereocenters. The molecule has 25 heavy (non-hydrogen) atoms. The molecule has 0 aliphatic rings. The van der Waals surface area contributed by atoms with Gasteiger partial charge in [0.1, 0.15) is 12.4 Å². The number of carbonyl (C=O) groups is 1. The molecule has 1 aromatic heterocycles. The molecule has 0 aliphatic carbocycles. The normalized spacial score (nSPS) is 10.9. The number of para-hydroxylation sites is 2. The summed E-state index contributed by atoms with van der Waals surface area (Å²) >= 11 is 0. The minimum atomic E-state index is -0.192. The van der Waals surface area contributed by atoms with E-state index in [1.54, 1.807) is 12.3 Å². The number of hydrogen-bond donors (Lipinski definition) is 1. The Hall–Kier alpha value is -3.21. The van der Waals surface area contributed by atoms with Gasteiger partial charge in [0.25, 0.3) is 0 Å². The highest BCUT2D eigenvalue weighted by atomic mass is 16.5. The predicted octanol–water partition coefficient (Wildman–Crippen LogP) is 3.15. The fourth-order valence-electron chi connectivity index (χ4n) is 2.25. The van der Waals surface area contributed by atoms with Gasteiger partial charge in [-0.1, -0.05) is 29.8 Å². The molecule has 5 nitrogen and oxygen atoms in total. The Morgan fingerprint density at radius 2 is 1.88 bits per heavy atom. The number of amides is 1. The van der Waals surface area contributed by atoms with Crippen molar-refractivity contribution < 1.29 is 9.53 Å². The summed E-state index contributed by atoms with van der Waals surface area (Å²) in [6.07, 6.45) is 4.74. The summed E-state index contributed by atoms with van der Waals surface area (Å²) in [6.45, 7) is 2.87. The fraction of sp³-hybridized carbons (Fsp3) is 0.150. The molecule has 0 saturated heterocycles. The largest absolute Gasteiger partial charge is 0.492 e. The van der Waals surface area contributed by atoms with E-state index in [0.29, 0.717) is 18.8 Å². The van der Waals surface area contributed by atoms with E-state index in [1.165, 1.54) is 11.6 Å². The molecule has 0 bridgehead atoms. The summed E-state index contributed by atoms with van der Waals surface area (Å²) in [5.74, 6) is 0.601. The number of nitrogens with zero attached hydrogens (tertiary/aromatic N) is 2. The lowest BCUT2D eigenvalue weighted by Crippen LogP contribution is -2.26. The third-order valence-electron chi connectivity index (χ3n) is 3.56. The van der Waals surface area contributed by atoms with E-state index in [1.807, 2.05) is 55.5 Å². The van der Waals surface area contributed by atoms with Crippen LogP contribution in [0.3, 0.4) is 0 Å². The molecule has 126 valence electrons. The van der Waals surface area contributed by atoms with Crippen LogP contribution < -0.4 is 10.1 Å². The third kappa shape index (κ3) is 4.88. The summed E-state index contributed by atoms with van der Waals surface area (Å²) in [5, 5.41) is 2.77. The first kappa shape index (κ1) is 16.6. The molecule has 3 aromatic rings. The molecular formula is C20H19N3O2. The molecule has 5 heteroatoms. The molecule has 1 N–H and O–H groups in total. The number of aromatic nitrogens is 2. The highest BCUT2D eigenvalue weighted by molar-refractivity contribution is 5.91. The molecule has 2 aromatic carbocycles. The lowest BCUT2D eigenvalue weighted by atomic mass is 10.2. The highest BCUT2D eigenvalue weighted by Gasteiger charge is 1.99. The number of fused-ring (bicyclic) bond motifs is 1. The predicted molar refractivity (Wildman–Crippen MR) is 98.3 cm³/mol. The highest BCUT2D eigenvalue weighted by Crippen LogP contribution is 2.11. The summed E-state index contributed by atoms with van der Waals surface area (Å²) in [7, 11) is 0. The topological polar surface area (TPSA) is 64.1 Å². The van der Waals surface area contributed by atoms with Crippen molar-refractivity contribution in [3.63, 3.8) is 0 Å². The number of ether oxygens (including phenoxy) is 1. The van der Waals surface area contributed by atoms with Gasteiger partial charge in [0, 0.05) is 6.08 Å². The van der Waals surface area contributed by atoms with Crippen molar-refractivity contribution >= 4 is 23.0 Å². The van der Waals surface area contributed by atoms with Gasteiger partial charge in [-0.25, -0.2) is 4.98 Å². The van der Waals surface area contributed by atoms with Gasteiger partial charge in [-0.05, 0) is 37.3 Å². The van der Waals surface area contributed by atoms with Crippen LogP contribution in [-0.2, 0) is 4.79 Å². The summed E-state index contributed by atoms with van der Waals surface area (Å²) in [4.78, 5) is 20.6. The Morgan fingerprint density at radius 1 is 1.12 bits per heavy atom. The molecule has 0 spiro atoms. The Labute approximate surface area is 146 Å². The first-order chi connectivity index (χ1) is 12.2. The Morgan fingerprint density at radius 3 is 2.68 bits per heavy atom. The van der Waals surface area contributed by atoms with E-state index in [0.717, 1.165) is 16.8 Å². The van der Waals surface area contributed by atoms with E-state index >= 15 is 0 Å². The van der Waals surface area contributed by atoms with Crippen molar-refractivity contribution in [1.82, 2.24) is 15.3 Å². The molecule has 0 aliphatic heterocycles. The SMILES string of the molecule is Cc1ccc(OCCNC(=O)C=Cc2cnc3ccccc3n2)cc1. The van der Waals surface area contributed by atoms with E-state index < -0.39 is 0 Å². The van der Waals surface area contributed by atoms with Gasteiger partial charge >= 0.3 is 0 Å². The van der Waals surface area contributed by atoms with Gasteiger partial charge < -0.3 is 10.1 Å². The maximum Gasteiger partial charge on any atom is 0.244 e. The molecule has 0 radical (unpaired) electrons. The van der Waals surface area contributed by atoms with Crippen molar-refractivity contribution in [1.29, 1.82) is 0 Å². The van der Waals surface area contributed by atoms with Gasteiger partial charge in [-0.2, -0.15) is 0 Å². The second kappa shape index (κ2) is 8.06. The fourth-order valence-corrected chi connectivity index (χ4v) is 2.25. The lowest BCUT2D eigenvalue weighted by Gasteiger charge is -2.06.